The van der Waals surface area contributed by atoms with Crippen LogP contribution in [-0.4, -0.2) is 34.3 Å². The van der Waals surface area contributed by atoms with Gasteiger partial charge in [-0.1, -0.05) is 13.8 Å². The molecular formula is C12H18N2O3. The number of aliphatic hydroxyl groups excluding tert-OH is 1. The summed E-state index contributed by atoms with van der Waals surface area (Å²) in [7, 11) is 0. The van der Waals surface area contributed by atoms with Crippen LogP contribution in [0.15, 0.2) is 18.3 Å². The number of aromatic carboxylic acids is 1. The van der Waals surface area contributed by atoms with E-state index in [0.29, 0.717) is 13.0 Å². The summed E-state index contributed by atoms with van der Waals surface area (Å²) in [5, 5.41) is 20.8. The molecule has 1 aromatic rings. The summed E-state index contributed by atoms with van der Waals surface area (Å²) in [6.07, 6.45) is 2.21. The Morgan fingerprint density at radius 2 is 2.18 bits per heavy atom. The lowest BCUT2D eigenvalue weighted by atomic mass is 9.90. The van der Waals surface area contributed by atoms with Crippen molar-refractivity contribution in [2.24, 2.45) is 5.41 Å². The summed E-state index contributed by atoms with van der Waals surface area (Å²) < 4.78 is 0. The van der Waals surface area contributed by atoms with E-state index in [4.69, 9.17) is 10.2 Å². The molecule has 0 unspecified atom stereocenters. The molecule has 0 radical (unpaired) electrons. The number of nitrogens with zero attached hydrogens (tertiary/aromatic N) is 1. The highest BCUT2D eigenvalue weighted by Gasteiger charge is 2.16. The molecule has 5 nitrogen and oxygen atoms in total. The molecule has 0 amide bonds. The van der Waals surface area contributed by atoms with E-state index in [-0.39, 0.29) is 17.7 Å². The summed E-state index contributed by atoms with van der Waals surface area (Å²) in [4.78, 5) is 14.4. The first-order valence-electron chi connectivity index (χ1n) is 5.49. The SMILES string of the molecule is CC(C)(CCO)CNc1ccc(C(=O)O)nc1. The lowest BCUT2D eigenvalue weighted by Crippen LogP contribution is -2.24. The van der Waals surface area contributed by atoms with Crippen molar-refractivity contribution in [1.29, 1.82) is 0 Å². The Hall–Kier alpha value is -1.62. The molecule has 94 valence electrons. The van der Waals surface area contributed by atoms with Crippen LogP contribution in [0.1, 0.15) is 30.8 Å². The minimum absolute atomic E-state index is 0.0137. The van der Waals surface area contributed by atoms with Crippen molar-refractivity contribution in [2.45, 2.75) is 20.3 Å². The Labute approximate surface area is 101 Å². The average Bonchev–Trinajstić information content (AvgIpc) is 2.27. The van der Waals surface area contributed by atoms with Gasteiger partial charge in [-0.3, -0.25) is 0 Å². The molecule has 0 atom stereocenters. The van der Waals surface area contributed by atoms with Gasteiger partial charge in [0.1, 0.15) is 5.69 Å². The fourth-order valence-electron chi connectivity index (χ4n) is 1.36. The van der Waals surface area contributed by atoms with Gasteiger partial charge in [-0.2, -0.15) is 0 Å². The highest BCUT2D eigenvalue weighted by molar-refractivity contribution is 5.85. The Kier molecular flexibility index (Phi) is 4.45. The first-order chi connectivity index (χ1) is 7.94. The first kappa shape index (κ1) is 13.4. The lowest BCUT2D eigenvalue weighted by molar-refractivity contribution is 0.0690. The number of hydrogen-bond acceptors (Lipinski definition) is 4. The number of carboxylic acid groups (broad SMARTS) is 1. The van der Waals surface area contributed by atoms with Gasteiger partial charge in [0.2, 0.25) is 0 Å². The van der Waals surface area contributed by atoms with Crippen LogP contribution in [0.25, 0.3) is 0 Å². The molecule has 1 aromatic heterocycles. The second-order valence-corrected chi connectivity index (χ2v) is 4.73. The van der Waals surface area contributed by atoms with Gasteiger partial charge >= 0.3 is 5.97 Å². The lowest BCUT2D eigenvalue weighted by Gasteiger charge is -2.24. The zero-order valence-corrected chi connectivity index (χ0v) is 10.1. The van der Waals surface area contributed by atoms with Crippen molar-refractivity contribution >= 4 is 11.7 Å². The number of nitrogens with one attached hydrogen (secondary N) is 1. The Balaban J connectivity index is 2.55. The van der Waals surface area contributed by atoms with Crippen LogP contribution in [0.2, 0.25) is 0 Å². The van der Waals surface area contributed by atoms with Crippen LogP contribution in [0.4, 0.5) is 5.69 Å². The maximum absolute atomic E-state index is 10.6. The molecular weight excluding hydrogens is 220 g/mol. The van der Waals surface area contributed by atoms with Crippen LogP contribution in [-0.2, 0) is 0 Å². The summed E-state index contributed by atoms with van der Waals surface area (Å²) in [5.74, 6) is -1.03. The number of rotatable bonds is 6. The van der Waals surface area contributed by atoms with E-state index < -0.39 is 5.97 Å². The van der Waals surface area contributed by atoms with E-state index in [1.165, 1.54) is 12.3 Å². The van der Waals surface area contributed by atoms with Crippen molar-refractivity contribution in [1.82, 2.24) is 4.98 Å². The normalized spacial score (nSPS) is 11.2. The average molecular weight is 238 g/mol. The van der Waals surface area contributed by atoms with Gasteiger partial charge in [0, 0.05) is 13.2 Å². The predicted octanol–water partition coefficient (Wildman–Crippen LogP) is 1.60. The minimum Gasteiger partial charge on any atom is -0.477 e. The van der Waals surface area contributed by atoms with Crippen molar-refractivity contribution < 1.29 is 15.0 Å². The Bertz CT molecular complexity index is 374. The quantitative estimate of drug-likeness (QED) is 0.701. The number of anilines is 1. The second-order valence-electron chi connectivity index (χ2n) is 4.73. The molecule has 0 spiro atoms. The smallest absolute Gasteiger partial charge is 0.354 e. The number of aliphatic hydroxyl groups is 1. The molecule has 0 saturated carbocycles. The maximum Gasteiger partial charge on any atom is 0.354 e. The maximum atomic E-state index is 10.6. The number of hydrogen-bond donors (Lipinski definition) is 3. The fraction of sp³-hybridized carbons (Fsp3) is 0.500. The van der Waals surface area contributed by atoms with Gasteiger partial charge in [-0.05, 0) is 24.0 Å². The minimum atomic E-state index is -1.03. The number of carbonyl (C=O) groups is 1. The molecule has 0 fully saturated rings. The molecule has 17 heavy (non-hydrogen) atoms. The molecule has 1 heterocycles. The third kappa shape index (κ3) is 4.40. The molecule has 0 aliphatic carbocycles. The van der Waals surface area contributed by atoms with E-state index in [1.807, 2.05) is 0 Å². The van der Waals surface area contributed by atoms with E-state index in [0.717, 1.165) is 5.69 Å². The monoisotopic (exact) mass is 238 g/mol. The van der Waals surface area contributed by atoms with E-state index in [1.54, 1.807) is 6.07 Å². The van der Waals surface area contributed by atoms with Crippen molar-refractivity contribution in [3.05, 3.63) is 24.0 Å². The number of carboxylic acids is 1. The highest BCUT2D eigenvalue weighted by atomic mass is 16.4. The molecule has 0 aromatic carbocycles. The zero-order chi connectivity index (χ0) is 12.9. The molecule has 5 heteroatoms. The molecule has 1 rings (SSSR count). The fourth-order valence-corrected chi connectivity index (χ4v) is 1.36. The summed E-state index contributed by atoms with van der Waals surface area (Å²) in [5.41, 5.74) is 0.798. The third-order valence-corrected chi connectivity index (χ3v) is 2.54. The largest absolute Gasteiger partial charge is 0.477 e. The van der Waals surface area contributed by atoms with E-state index in [9.17, 15) is 4.79 Å². The standard InChI is InChI=1S/C12H18N2O3/c1-12(2,5-6-15)8-14-9-3-4-10(11(16)17)13-7-9/h3-4,7,14-15H,5-6,8H2,1-2H3,(H,16,17). The molecule has 0 saturated heterocycles. The van der Waals surface area contributed by atoms with Gasteiger partial charge in [0.25, 0.3) is 0 Å². The predicted molar refractivity (Wildman–Crippen MR) is 65.2 cm³/mol. The van der Waals surface area contributed by atoms with Gasteiger partial charge in [-0.25, -0.2) is 9.78 Å². The Morgan fingerprint density at radius 1 is 1.47 bits per heavy atom. The highest BCUT2D eigenvalue weighted by Crippen LogP contribution is 2.20. The van der Waals surface area contributed by atoms with Gasteiger partial charge in [0.15, 0.2) is 0 Å². The van der Waals surface area contributed by atoms with Crippen LogP contribution in [0.3, 0.4) is 0 Å². The van der Waals surface area contributed by atoms with Crippen LogP contribution in [0, 0.1) is 5.41 Å². The van der Waals surface area contributed by atoms with Gasteiger partial charge in [0.05, 0.1) is 11.9 Å². The second kappa shape index (κ2) is 5.63. The van der Waals surface area contributed by atoms with Gasteiger partial charge < -0.3 is 15.5 Å². The van der Waals surface area contributed by atoms with E-state index in [2.05, 4.69) is 24.1 Å². The molecule has 0 aliphatic heterocycles. The van der Waals surface area contributed by atoms with Crippen molar-refractivity contribution in [3.63, 3.8) is 0 Å². The van der Waals surface area contributed by atoms with Crippen LogP contribution < -0.4 is 5.32 Å². The Morgan fingerprint density at radius 3 is 2.65 bits per heavy atom. The summed E-state index contributed by atoms with van der Waals surface area (Å²) >= 11 is 0. The van der Waals surface area contributed by atoms with Crippen molar-refractivity contribution in [3.8, 4) is 0 Å². The zero-order valence-electron chi connectivity index (χ0n) is 10.1. The molecule has 0 aliphatic rings. The van der Waals surface area contributed by atoms with Crippen LogP contribution >= 0.6 is 0 Å². The van der Waals surface area contributed by atoms with Gasteiger partial charge in [-0.15, -0.1) is 0 Å². The van der Waals surface area contributed by atoms with E-state index >= 15 is 0 Å². The number of aromatic nitrogens is 1. The third-order valence-electron chi connectivity index (χ3n) is 2.54. The number of pyridine rings is 1. The summed E-state index contributed by atoms with van der Waals surface area (Å²) in [6, 6.07) is 3.15. The molecule has 0 bridgehead atoms. The topological polar surface area (TPSA) is 82.5 Å². The molecule has 3 N–H and O–H groups in total. The van der Waals surface area contributed by atoms with Crippen LogP contribution in [0.5, 0.6) is 0 Å². The summed E-state index contributed by atoms with van der Waals surface area (Å²) in [6.45, 7) is 4.96. The first-order valence-corrected chi connectivity index (χ1v) is 5.49. The van der Waals surface area contributed by atoms with Crippen molar-refractivity contribution in [2.75, 3.05) is 18.5 Å².